The van der Waals surface area contributed by atoms with Gasteiger partial charge in [-0.1, -0.05) is 30.7 Å². The van der Waals surface area contributed by atoms with Crippen LogP contribution in [-0.4, -0.2) is 65.5 Å². The van der Waals surface area contributed by atoms with Crippen LogP contribution in [0.5, 0.6) is 5.75 Å². The minimum absolute atomic E-state index is 0.118. The van der Waals surface area contributed by atoms with Crippen molar-refractivity contribution in [2.24, 2.45) is 0 Å². The van der Waals surface area contributed by atoms with Gasteiger partial charge in [-0.25, -0.2) is 0 Å². The number of carbonyl (C=O) groups is 4. The number of likely N-dealkylation sites (tertiary alicyclic amines) is 1. The Labute approximate surface area is 231 Å². The van der Waals surface area contributed by atoms with E-state index >= 15 is 8.78 Å². The third kappa shape index (κ3) is 6.06. The SMILES string of the molecule is O=C1CCC(N2Cc3cc(CNC(=O)C(F)(F)c4cccc(OCCN5CCCCC5)c4)ccc3C2=O)C(=O)C1. The first-order chi connectivity index (χ1) is 19.2. The van der Waals surface area contributed by atoms with E-state index in [-0.39, 0.29) is 49.2 Å². The zero-order valence-electron chi connectivity index (χ0n) is 22.3. The minimum Gasteiger partial charge on any atom is -0.492 e. The molecule has 2 heterocycles. The number of nitrogens with zero attached hydrogens (tertiary/aromatic N) is 2. The summed E-state index contributed by atoms with van der Waals surface area (Å²) in [5.74, 6) is -5.59. The molecule has 1 saturated carbocycles. The van der Waals surface area contributed by atoms with Crippen LogP contribution >= 0.6 is 0 Å². The van der Waals surface area contributed by atoms with E-state index in [2.05, 4.69) is 10.2 Å². The molecule has 0 bridgehead atoms. The van der Waals surface area contributed by atoms with Crippen molar-refractivity contribution >= 4 is 23.4 Å². The standard InChI is InChI=1S/C30H33F2N3O5/c31-30(32,22-5-4-6-24(16-22)40-14-13-34-11-2-1-3-12-34)29(39)33-18-20-7-9-25-21(15-20)19-35(28(25)38)26-10-8-23(36)17-27(26)37/h4-7,9,15-16,26H,1-3,8,10-14,17-19H2,(H,33,39). The molecule has 1 unspecified atom stereocenters. The normalized spacial score (nSPS) is 20.0. The monoisotopic (exact) mass is 553 g/mol. The molecule has 40 heavy (non-hydrogen) atoms. The Hall–Kier alpha value is -3.66. The highest BCUT2D eigenvalue weighted by Crippen LogP contribution is 2.32. The van der Waals surface area contributed by atoms with E-state index in [0.717, 1.165) is 32.5 Å². The molecule has 2 aromatic carbocycles. The largest absolute Gasteiger partial charge is 0.492 e. The van der Waals surface area contributed by atoms with Crippen molar-refractivity contribution in [1.29, 1.82) is 0 Å². The fraction of sp³-hybridized carbons (Fsp3) is 0.467. The van der Waals surface area contributed by atoms with Crippen molar-refractivity contribution in [3.05, 3.63) is 64.7 Å². The fourth-order valence-corrected chi connectivity index (χ4v) is 5.63. The molecular weight excluding hydrogens is 520 g/mol. The number of halogens is 2. The average molecular weight is 554 g/mol. The quantitative estimate of drug-likeness (QED) is 0.477. The summed E-state index contributed by atoms with van der Waals surface area (Å²) in [6.45, 7) is 3.18. The Balaban J connectivity index is 1.17. The Kier molecular flexibility index (Phi) is 8.25. The minimum atomic E-state index is -3.77. The number of carbonyl (C=O) groups excluding carboxylic acids is 4. The second kappa shape index (κ2) is 11.8. The highest BCUT2D eigenvalue weighted by atomic mass is 19.3. The Morgan fingerprint density at radius 1 is 1.05 bits per heavy atom. The van der Waals surface area contributed by atoms with Gasteiger partial charge in [0.2, 0.25) is 0 Å². The molecule has 2 amide bonds. The summed E-state index contributed by atoms with van der Waals surface area (Å²) in [6.07, 6.45) is 3.95. The third-order valence-corrected chi connectivity index (χ3v) is 7.88. The summed E-state index contributed by atoms with van der Waals surface area (Å²) < 4.78 is 35.8. The molecule has 1 atom stereocenters. The van der Waals surface area contributed by atoms with E-state index in [1.807, 2.05) is 0 Å². The van der Waals surface area contributed by atoms with E-state index < -0.39 is 23.4 Å². The van der Waals surface area contributed by atoms with Crippen molar-refractivity contribution < 1.29 is 32.7 Å². The van der Waals surface area contributed by atoms with Crippen molar-refractivity contribution in [2.45, 2.75) is 63.6 Å². The molecule has 8 nitrogen and oxygen atoms in total. The number of Topliss-reactive ketones (excluding diaryl/α,β-unsaturated/α-hetero) is 2. The first-order valence-electron chi connectivity index (χ1n) is 13.8. The molecule has 212 valence electrons. The number of hydrogen-bond donors (Lipinski definition) is 1. The molecule has 0 aromatic heterocycles. The van der Waals surface area contributed by atoms with Gasteiger partial charge in [-0.2, -0.15) is 8.78 Å². The summed E-state index contributed by atoms with van der Waals surface area (Å²) >= 11 is 0. The maximum atomic E-state index is 15.1. The topological polar surface area (TPSA) is 96.0 Å². The van der Waals surface area contributed by atoms with Gasteiger partial charge in [0.25, 0.3) is 11.8 Å². The number of rotatable bonds is 9. The lowest BCUT2D eigenvalue weighted by atomic mass is 9.92. The Bertz CT molecular complexity index is 1310. The number of hydrogen-bond acceptors (Lipinski definition) is 6. The van der Waals surface area contributed by atoms with Gasteiger partial charge in [0, 0.05) is 37.2 Å². The molecule has 3 aliphatic rings. The number of alkyl halides is 2. The van der Waals surface area contributed by atoms with Gasteiger partial charge < -0.3 is 15.0 Å². The predicted molar refractivity (Wildman–Crippen MR) is 142 cm³/mol. The molecule has 0 radical (unpaired) electrons. The van der Waals surface area contributed by atoms with Gasteiger partial charge in [0.1, 0.15) is 18.1 Å². The fourth-order valence-electron chi connectivity index (χ4n) is 5.63. The van der Waals surface area contributed by atoms with Crippen LogP contribution in [0.3, 0.4) is 0 Å². The van der Waals surface area contributed by atoms with Crippen LogP contribution < -0.4 is 10.1 Å². The van der Waals surface area contributed by atoms with Crippen LogP contribution in [0.4, 0.5) is 8.78 Å². The maximum Gasteiger partial charge on any atom is 0.349 e. The van der Waals surface area contributed by atoms with Crippen molar-refractivity contribution in [1.82, 2.24) is 15.1 Å². The number of amides is 2. The van der Waals surface area contributed by atoms with E-state index in [9.17, 15) is 19.2 Å². The first kappa shape index (κ1) is 27.9. The third-order valence-electron chi connectivity index (χ3n) is 7.88. The highest BCUT2D eigenvalue weighted by Gasteiger charge is 2.41. The van der Waals surface area contributed by atoms with E-state index in [1.165, 1.54) is 29.5 Å². The Morgan fingerprint density at radius 3 is 2.62 bits per heavy atom. The van der Waals surface area contributed by atoms with Crippen LogP contribution in [0.2, 0.25) is 0 Å². The maximum absolute atomic E-state index is 15.1. The molecule has 2 fully saturated rings. The zero-order chi connectivity index (χ0) is 28.3. The molecule has 1 saturated heterocycles. The summed E-state index contributed by atoms with van der Waals surface area (Å²) in [7, 11) is 0. The summed E-state index contributed by atoms with van der Waals surface area (Å²) in [5, 5.41) is 2.31. The van der Waals surface area contributed by atoms with Gasteiger partial charge in [-0.05, 0) is 61.7 Å². The van der Waals surface area contributed by atoms with Gasteiger partial charge in [0.15, 0.2) is 5.78 Å². The zero-order valence-corrected chi connectivity index (χ0v) is 22.3. The second-order valence-corrected chi connectivity index (χ2v) is 10.7. The summed E-state index contributed by atoms with van der Waals surface area (Å²) in [6, 6.07) is 9.68. The van der Waals surface area contributed by atoms with E-state index in [4.69, 9.17) is 4.74 Å². The molecule has 10 heteroatoms. The number of benzene rings is 2. The molecule has 1 N–H and O–H groups in total. The molecule has 1 aliphatic carbocycles. The first-order valence-corrected chi connectivity index (χ1v) is 13.8. The van der Waals surface area contributed by atoms with Crippen LogP contribution in [0, 0.1) is 0 Å². The van der Waals surface area contributed by atoms with Crippen LogP contribution in [0.15, 0.2) is 42.5 Å². The lowest BCUT2D eigenvalue weighted by Gasteiger charge is -2.29. The Morgan fingerprint density at radius 2 is 1.85 bits per heavy atom. The summed E-state index contributed by atoms with van der Waals surface area (Å²) in [4.78, 5) is 53.1. The van der Waals surface area contributed by atoms with Crippen LogP contribution in [0.25, 0.3) is 0 Å². The van der Waals surface area contributed by atoms with Crippen molar-refractivity contribution in [3.63, 3.8) is 0 Å². The van der Waals surface area contributed by atoms with E-state index in [1.54, 1.807) is 24.3 Å². The smallest absolute Gasteiger partial charge is 0.349 e. The summed E-state index contributed by atoms with van der Waals surface area (Å²) in [5.41, 5.74) is 1.19. The number of ketones is 2. The highest BCUT2D eigenvalue weighted by molar-refractivity contribution is 6.07. The molecular formula is C30H33F2N3O5. The lowest BCUT2D eigenvalue weighted by Crippen LogP contribution is -2.44. The van der Waals surface area contributed by atoms with Gasteiger partial charge in [-0.15, -0.1) is 0 Å². The molecule has 5 rings (SSSR count). The van der Waals surface area contributed by atoms with Crippen LogP contribution in [0.1, 0.15) is 65.6 Å². The second-order valence-electron chi connectivity index (χ2n) is 10.7. The van der Waals surface area contributed by atoms with E-state index in [0.29, 0.717) is 29.7 Å². The van der Waals surface area contributed by atoms with Crippen molar-refractivity contribution in [2.75, 3.05) is 26.2 Å². The average Bonchev–Trinajstić information content (AvgIpc) is 3.27. The number of nitrogens with one attached hydrogen (secondary N) is 1. The predicted octanol–water partition coefficient (Wildman–Crippen LogP) is 3.61. The lowest BCUT2D eigenvalue weighted by molar-refractivity contribution is -0.147. The number of ether oxygens (including phenoxy) is 1. The van der Waals surface area contributed by atoms with Crippen LogP contribution in [-0.2, 0) is 33.4 Å². The number of piperidine rings is 1. The van der Waals surface area contributed by atoms with Gasteiger partial charge >= 0.3 is 5.92 Å². The molecule has 2 aromatic rings. The molecule has 2 aliphatic heterocycles. The van der Waals surface area contributed by atoms with Gasteiger partial charge in [0.05, 0.1) is 12.5 Å². The number of fused-ring (bicyclic) bond motifs is 1. The molecule has 0 spiro atoms. The van der Waals surface area contributed by atoms with Gasteiger partial charge in [-0.3, -0.25) is 24.1 Å². The van der Waals surface area contributed by atoms with Crippen molar-refractivity contribution in [3.8, 4) is 5.75 Å².